The number of hydrogen-bond donors (Lipinski definition) is 0. The highest BCUT2D eigenvalue weighted by atomic mass is 35.5. The second kappa shape index (κ2) is 4.90. The normalized spacial score (nSPS) is 13.0. The zero-order valence-electron chi connectivity index (χ0n) is 10.7. The molecule has 0 amide bonds. The van der Waals surface area contributed by atoms with E-state index in [1.807, 2.05) is 29.8 Å². The highest BCUT2D eigenvalue weighted by molar-refractivity contribution is 7.11. The lowest BCUT2D eigenvalue weighted by Gasteiger charge is -2.07. The van der Waals surface area contributed by atoms with E-state index in [2.05, 4.69) is 21.9 Å². The molecule has 1 atom stereocenters. The van der Waals surface area contributed by atoms with E-state index in [9.17, 15) is 0 Å². The van der Waals surface area contributed by atoms with Gasteiger partial charge >= 0.3 is 0 Å². The smallest absolute Gasteiger partial charge is 0.160 e. The van der Waals surface area contributed by atoms with Crippen molar-refractivity contribution in [1.29, 1.82) is 0 Å². The Kier molecular flexibility index (Phi) is 3.24. The lowest BCUT2D eigenvalue weighted by atomic mass is 10.4. The monoisotopic (exact) mass is 292 g/mol. The van der Waals surface area contributed by atoms with E-state index in [1.165, 1.54) is 4.88 Å². The quantitative estimate of drug-likeness (QED) is 0.694. The number of halogens is 1. The maximum Gasteiger partial charge on any atom is 0.160 e. The van der Waals surface area contributed by atoms with Crippen molar-refractivity contribution in [1.82, 2.24) is 19.5 Å². The van der Waals surface area contributed by atoms with Crippen LogP contribution < -0.4 is 0 Å². The first-order valence-corrected chi connectivity index (χ1v) is 7.27. The Balaban J connectivity index is 2.12. The van der Waals surface area contributed by atoms with Crippen molar-refractivity contribution < 1.29 is 0 Å². The van der Waals surface area contributed by atoms with Gasteiger partial charge < -0.3 is 4.57 Å². The Morgan fingerprint density at radius 1 is 1.42 bits per heavy atom. The molecule has 6 heteroatoms. The van der Waals surface area contributed by atoms with Crippen molar-refractivity contribution in [3.63, 3.8) is 0 Å². The van der Waals surface area contributed by atoms with Crippen LogP contribution in [-0.4, -0.2) is 19.5 Å². The lowest BCUT2D eigenvalue weighted by Crippen LogP contribution is -2.06. The lowest BCUT2D eigenvalue weighted by molar-refractivity contribution is 0.732. The number of rotatable bonds is 3. The van der Waals surface area contributed by atoms with Gasteiger partial charge in [0.15, 0.2) is 5.65 Å². The largest absolute Gasteiger partial charge is 0.305 e. The first kappa shape index (κ1) is 12.6. The van der Waals surface area contributed by atoms with Crippen molar-refractivity contribution in [2.24, 2.45) is 0 Å². The van der Waals surface area contributed by atoms with Gasteiger partial charge in [0.1, 0.15) is 16.3 Å². The second-order valence-corrected chi connectivity index (χ2v) is 6.36. The fraction of sp³-hybridized carbons (Fsp3) is 0.308. The van der Waals surface area contributed by atoms with Gasteiger partial charge in [0.2, 0.25) is 0 Å². The highest BCUT2D eigenvalue weighted by Gasteiger charge is 2.16. The molecule has 3 rings (SSSR count). The molecule has 0 bridgehead atoms. The third-order valence-electron chi connectivity index (χ3n) is 2.85. The summed E-state index contributed by atoms with van der Waals surface area (Å²) in [5.74, 6) is 0.836. The molecular formula is C13H13ClN4S. The molecular weight excluding hydrogens is 280 g/mol. The van der Waals surface area contributed by atoms with E-state index in [0.29, 0.717) is 6.54 Å². The van der Waals surface area contributed by atoms with Crippen LogP contribution in [0.15, 0.2) is 24.5 Å². The van der Waals surface area contributed by atoms with Crippen LogP contribution in [0.3, 0.4) is 0 Å². The number of alkyl halides is 1. The fourth-order valence-corrected chi connectivity index (χ4v) is 2.99. The van der Waals surface area contributed by atoms with Gasteiger partial charge in [-0.1, -0.05) is 0 Å². The van der Waals surface area contributed by atoms with Crippen LogP contribution in [0.2, 0.25) is 0 Å². The SMILES string of the molecule is Cc1cnc(Cn2c(C(C)Cl)nc3cccnc32)s1. The molecule has 98 valence electrons. The molecule has 0 aliphatic rings. The number of aryl methyl sites for hydroxylation is 1. The van der Waals surface area contributed by atoms with E-state index < -0.39 is 0 Å². The number of pyridine rings is 1. The Bertz CT molecular complexity index is 716. The van der Waals surface area contributed by atoms with Crippen molar-refractivity contribution in [3.05, 3.63) is 40.2 Å². The first-order chi connectivity index (χ1) is 9.15. The molecule has 0 aromatic carbocycles. The third-order valence-corrected chi connectivity index (χ3v) is 3.94. The van der Waals surface area contributed by atoms with Crippen molar-refractivity contribution in [3.8, 4) is 0 Å². The summed E-state index contributed by atoms with van der Waals surface area (Å²) in [5, 5.41) is 0.885. The van der Waals surface area contributed by atoms with Crippen LogP contribution in [0.1, 0.15) is 28.0 Å². The number of hydrogen-bond acceptors (Lipinski definition) is 4. The molecule has 0 spiro atoms. The summed E-state index contributed by atoms with van der Waals surface area (Å²) in [6.07, 6.45) is 3.66. The topological polar surface area (TPSA) is 43.6 Å². The van der Waals surface area contributed by atoms with Crippen LogP contribution in [-0.2, 0) is 6.54 Å². The van der Waals surface area contributed by atoms with E-state index in [-0.39, 0.29) is 5.38 Å². The Morgan fingerprint density at radius 2 is 2.26 bits per heavy atom. The summed E-state index contributed by atoms with van der Waals surface area (Å²) in [5.41, 5.74) is 1.73. The van der Waals surface area contributed by atoms with Crippen LogP contribution >= 0.6 is 22.9 Å². The van der Waals surface area contributed by atoms with Gasteiger partial charge in [-0.3, -0.25) is 0 Å². The first-order valence-electron chi connectivity index (χ1n) is 6.01. The summed E-state index contributed by atoms with van der Waals surface area (Å²) in [7, 11) is 0. The Morgan fingerprint density at radius 3 is 2.95 bits per heavy atom. The highest BCUT2D eigenvalue weighted by Crippen LogP contribution is 2.25. The number of imidazole rings is 1. The molecule has 3 heterocycles. The molecule has 3 aromatic heterocycles. The minimum atomic E-state index is -0.157. The summed E-state index contributed by atoms with van der Waals surface area (Å²) in [6.45, 7) is 4.64. The zero-order valence-corrected chi connectivity index (χ0v) is 12.2. The van der Waals surface area contributed by atoms with Crippen LogP contribution in [0.5, 0.6) is 0 Å². The van der Waals surface area contributed by atoms with Crippen molar-refractivity contribution in [2.75, 3.05) is 0 Å². The summed E-state index contributed by atoms with van der Waals surface area (Å²) in [6, 6.07) is 3.84. The van der Waals surface area contributed by atoms with Gasteiger partial charge in [0.25, 0.3) is 0 Å². The van der Waals surface area contributed by atoms with Gasteiger partial charge in [0.05, 0.1) is 11.9 Å². The molecule has 0 aliphatic heterocycles. The minimum Gasteiger partial charge on any atom is -0.305 e. The van der Waals surface area contributed by atoms with Crippen LogP contribution in [0.25, 0.3) is 11.2 Å². The summed E-state index contributed by atoms with van der Waals surface area (Å²) in [4.78, 5) is 14.6. The third kappa shape index (κ3) is 2.35. The standard InChI is InChI=1S/C13H13ClN4S/c1-8-6-16-11(19-8)7-18-12(9(2)14)17-10-4-3-5-15-13(10)18/h3-6,9H,7H2,1-2H3. The molecule has 0 N–H and O–H groups in total. The average Bonchev–Trinajstić information content (AvgIpc) is 2.95. The maximum atomic E-state index is 6.22. The average molecular weight is 293 g/mol. The van der Waals surface area contributed by atoms with Crippen molar-refractivity contribution in [2.45, 2.75) is 25.8 Å². The predicted molar refractivity (Wildman–Crippen MR) is 77.7 cm³/mol. The molecule has 0 radical (unpaired) electrons. The van der Waals surface area contributed by atoms with Gasteiger partial charge in [-0.15, -0.1) is 22.9 Å². The number of nitrogens with zero attached hydrogens (tertiary/aromatic N) is 4. The zero-order chi connectivity index (χ0) is 13.4. The van der Waals surface area contributed by atoms with Crippen LogP contribution in [0.4, 0.5) is 0 Å². The van der Waals surface area contributed by atoms with E-state index in [1.54, 1.807) is 17.5 Å². The van der Waals surface area contributed by atoms with Crippen molar-refractivity contribution >= 4 is 34.1 Å². The van der Waals surface area contributed by atoms with Gasteiger partial charge in [0, 0.05) is 17.3 Å². The van der Waals surface area contributed by atoms with Crippen LogP contribution in [0, 0.1) is 6.92 Å². The fourth-order valence-electron chi connectivity index (χ4n) is 2.05. The predicted octanol–water partition coefficient (Wildman–Crippen LogP) is 3.54. The van der Waals surface area contributed by atoms with Gasteiger partial charge in [-0.25, -0.2) is 15.0 Å². The Labute approximate surface area is 120 Å². The molecule has 3 aromatic rings. The number of thiazole rings is 1. The molecule has 0 saturated carbocycles. The molecule has 0 saturated heterocycles. The molecule has 1 unspecified atom stereocenters. The van der Waals surface area contributed by atoms with E-state index in [0.717, 1.165) is 22.0 Å². The molecule has 0 fully saturated rings. The maximum absolute atomic E-state index is 6.22. The molecule has 19 heavy (non-hydrogen) atoms. The second-order valence-electron chi connectivity index (χ2n) is 4.38. The number of fused-ring (bicyclic) bond motifs is 1. The molecule has 4 nitrogen and oxygen atoms in total. The van der Waals surface area contributed by atoms with Gasteiger partial charge in [-0.2, -0.15) is 0 Å². The number of aromatic nitrogens is 4. The Hall–Kier alpha value is -1.46. The summed E-state index contributed by atoms with van der Waals surface area (Å²) >= 11 is 7.91. The summed E-state index contributed by atoms with van der Waals surface area (Å²) < 4.78 is 2.05. The van der Waals surface area contributed by atoms with E-state index in [4.69, 9.17) is 11.6 Å². The minimum absolute atomic E-state index is 0.157. The molecule has 0 aliphatic carbocycles. The van der Waals surface area contributed by atoms with Gasteiger partial charge in [-0.05, 0) is 26.0 Å². The van der Waals surface area contributed by atoms with E-state index >= 15 is 0 Å².